The van der Waals surface area contributed by atoms with E-state index in [1.807, 2.05) is 16.2 Å². The number of aryl methyl sites for hydroxylation is 1. The topological polar surface area (TPSA) is 38.1 Å². The van der Waals surface area contributed by atoms with E-state index in [2.05, 4.69) is 41.8 Å². The number of hydrogen-bond donors (Lipinski definition) is 0. The van der Waals surface area contributed by atoms with Crippen LogP contribution in [0.2, 0.25) is 0 Å². The summed E-state index contributed by atoms with van der Waals surface area (Å²) in [4.78, 5) is 17.2. The Balaban J connectivity index is 2.01. The van der Waals surface area contributed by atoms with Gasteiger partial charge in [0.05, 0.1) is 11.0 Å². The van der Waals surface area contributed by atoms with Gasteiger partial charge in [0.15, 0.2) is 0 Å². The summed E-state index contributed by atoms with van der Waals surface area (Å²) < 4.78 is 1.39. The molecule has 1 aliphatic rings. The predicted molar refractivity (Wildman–Crippen MR) is 83.5 cm³/mol. The van der Waals surface area contributed by atoms with Crippen LogP contribution in [0.4, 0.5) is 4.79 Å². The SMILES string of the molecule is Cc1sc2c(c1C)C(C)N(C(=O)n1cccn1)C(Br)C2. The van der Waals surface area contributed by atoms with Crippen molar-refractivity contribution in [3.05, 3.63) is 39.3 Å². The molecule has 106 valence electrons. The molecule has 2 atom stereocenters. The number of amides is 1. The summed E-state index contributed by atoms with van der Waals surface area (Å²) in [6, 6.07) is 1.74. The van der Waals surface area contributed by atoms with Crippen molar-refractivity contribution in [2.45, 2.75) is 38.2 Å². The van der Waals surface area contributed by atoms with Gasteiger partial charge in [-0.25, -0.2) is 4.79 Å². The standard InChI is InChI=1S/C14H16BrN3OS/c1-8-10(3)20-11-7-12(15)18(9(2)13(8)11)14(19)17-6-4-5-16-17/h4-6,9,12H,7H2,1-3H3. The van der Waals surface area contributed by atoms with Gasteiger partial charge in [-0.05, 0) is 38.0 Å². The number of hydrogen-bond acceptors (Lipinski definition) is 3. The molecular formula is C14H16BrN3OS. The Labute approximate surface area is 130 Å². The van der Waals surface area contributed by atoms with Gasteiger partial charge in [0, 0.05) is 28.6 Å². The molecule has 2 aromatic rings. The molecule has 0 fully saturated rings. The van der Waals surface area contributed by atoms with E-state index in [-0.39, 0.29) is 17.0 Å². The lowest BCUT2D eigenvalue weighted by atomic mass is 9.97. The number of nitrogens with zero attached hydrogens (tertiary/aromatic N) is 3. The van der Waals surface area contributed by atoms with Crippen molar-refractivity contribution in [2.75, 3.05) is 0 Å². The second-order valence-corrected chi connectivity index (χ2v) is 7.44. The number of fused-ring (bicyclic) bond motifs is 1. The van der Waals surface area contributed by atoms with Crippen LogP contribution in [0.3, 0.4) is 0 Å². The Morgan fingerprint density at radius 2 is 2.25 bits per heavy atom. The van der Waals surface area contributed by atoms with Gasteiger partial charge in [0.1, 0.15) is 0 Å². The quantitative estimate of drug-likeness (QED) is 0.532. The molecule has 0 saturated heterocycles. The Morgan fingerprint density at radius 3 is 2.90 bits per heavy atom. The fourth-order valence-electron chi connectivity index (χ4n) is 2.83. The van der Waals surface area contributed by atoms with Gasteiger partial charge < -0.3 is 4.90 Å². The van der Waals surface area contributed by atoms with E-state index in [1.54, 1.807) is 18.5 Å². The van der Waals surface area contributed by atoms with Crippen LogP contribution in [0, 0.1) is 13.8 Å². The minimum absolute atomic E-state index is 0.0131. The maximum absolute atomic E-state index is 12.6. The van der Waals surface area contributed by atoms with E-state index in [0.29, 0.717) is 0 Å². The largest absolute Gasteiger partial charge is 0.346 e. The number of carbonyl (C=O) groups excluding carboxylic acids is 1. The van der Waals surface area contributed by atoms with E-state index < -0.39 is 0 Å². The zero-order chi connectivity index (χ0) is 14.4. The average molecular weight is 354 g/mol. The second-order valence-electron chi connectivity index (χ2n) is 5.08. The van der Waals surface area contributed by atoms with E-state index in [9.17, 15) is 4.79 Å². The van der Waals surface area contributed by atoms with Crippen LogP contribution in [-0.4, -0.2) is 25.7 Å². The zero-order valence-electron chi connectivity index (χ0n) is 11.6. The monoisotopic (exact) mass is 353 g/mol. The van der Waals surface area contributed by atoms with Crippen molar-refractivity contribution < 1.29 is 4.79 Å². The number of halogens is 1. The molecule has 0 aliphatic carbocycles. The van der Waals surface area contributed by atoms with Crippen molar-refractivity contribution in [3.63, 3.8) is 0 Å². The van der Waals surface area contributed by atoms with Gasteiger partial charge >= 0.3 is 6.03 Å². The first kappa shape index (κ1) is 13.8. The minimum Gasteiger partial charge on any atom is -0.303 e. The van der Waals surface area contributed by atoms with E-state index >= 15 is 0 Å². The van der Waals surface area contributed by atoms with Crippen LogP contribution in [0.15, 0.2) is 18.5 Å². The summed E-state index contributed by atoms with van der Waals surface area (Å²) in [5.41, 5.74) is 2.62. The third-order valence-electron chi connectivity index (χ3n) is 3.92. The first-order valence-corrected chi connectivity index (χ1v) is 8.29. The fraction of sp³-hybridized carbons (Fsp3) is 0.429. The molecule has 0 bridgehead atoms. The molecule has 6 heteroatoms. The molecule has 1 amide bonds. The maximum atomic E-state index is 12.6. The summed E-state index contributed by atoms with van der Waals surface area (Å²) in [5.74, 6) is 0. The number of thiophene rings is 1. The summed E-state index contributed by atoms with van der Waals surface area (Å²) in [5, 5.41) is 4.05. The van der Waals surface area contributed by atoms with Gasteiger partial charge in [0.2, 0.25) is 0 Å². The predicted octanol–water partition coefficient (Wildman–Crippen LogP) is 3.87. The van der Waals surface area contributed by atoms with Gasteiger partial charge in [-0.15, -0.1) is 11.3 Å². The van der Waals surface area contributed by atoms with Crippen molar-refractivity contribution >= 4 is 33.3 Å². The number of alkyl halides is 1. The van der Waals surface area contributed by atoms with Crippen LogP contribution in [-0.2, 0) is 6.42 Å². The van der Waals surface area contributed by atoms with Crippen LogP contribution in [0.1, 0.15) is 33.8 Å². The zero-order valence-corrected chi connectivity index (χ0v) is 14.0. The van der Waals surface area contributed by atoms with Crippen LogP contribution < -0.4 is 0 Å². The molecule has 0 spiro atoms. The lowest BCUT2D eigenvalue weighted by Gasteiger charge is -2.37. The van der Waals surface area contributed by atoms with Gasteiger partial charge in [0.25, 0.3) is 0 Å². The average Bonchev–Trinajstić information content (AvgIpc) is 2.99. The Bertz CT molecular complexity index is 650. The summed E-state index contributed by atoms with van der Waals surface area (Å²) in [6.45, 7) is 6.38. The first-order chi connectivity index (χ1) is 9.50. The Morgan fingerprint density at radius 1 is 1.50 bits per heavy atom. The summed E-state index contributed by atoms with van der Waals surface area (Å²) in [6.07, 6.45) is 4.17. The maximum Gasteiger partial charge on any atom is 0.346 e. The third kappa shape index (κ3) is 2.02. The van der Waals surface area contributed by atoms with Gasteiger partial charge in [-0.1, -0.05) is 15.9 Å². The summed E-state index contributed by atoms with van der Waals surface area (Å²) in [7, 11) is 0. The molecule has 4 nitrogen and oxygen atoms in total. The summed E-state index contributed by atoms with van der Waals surface area (Å²) >= 11 is 5.50. The Hall–Kier alpha value is -1.14. The number of carbonyl (C=O) groups is 1. The lowest BCUT2D eigenvalue weighted by molar-refractivity contribution is 0.167. The van der Waals surface area contributed by atoms with E-state index in [4.69, 9.17) is 0 Å². The molecular weight excluding hydrogens is 338 g/mol. The minimum atomic E-state index is -0.0849. The van der Waals surface area contributed by atoms with Gasteiger partial charge in [-0.3, -0.25) is 0 Å². The lowest BCUT2D eigenvalue weighted by Crippen LogP contribution is -2.45. The van der Waals surface area contributed by atoms with Crippen molar-refractivity contribution in [2.24, 2.45) is 0 Å². The van der Waals surface area contributed by atoms with Crippen molar-refractivity contribution in [3.8, 4) is 0 Å². The highest BCUT2D eigenvalue weighted by molar-refractivity contribution is 9.09. The third-order valence-corrected chi connectivity index (χ3v) is 5.93. The van der Waals surface area contributed by atoms with Gasteiger partial charge in [-0.2, -0.15) is 9.78 Å². The van der Waals surface area contributed by atoms with Crippen LogP contribution in [0.25, 0.3) is 0 Å². The molecule has 1 aliphatic heterocycles. The highest BCUT2D eigenvalue weighted by atomic mass is 79.9. The fourth-order valence-corrected chi connectivity index (χ4v) is 5.21. The van der Waals surface area contributed by atoms with Crippen molar-refractivity contribution in [1.29, 1.82) is 0 Å². The van der Waals surface area contributed by atoms with E-state index in [1.165, 1.54) is 25.6 Å². The molecule has 0 radical (unpaired) electrons. The van der Waals surface area contributed by atoms with Crippen molar-refractivity contribution in [1.82, 2.24) is 14.7 Å². The molecule has 0 aromatic carbocycles. The second kappa shape index (κ2) is 5.00. The molecule has 0 saturated carbocycles. The smallest absolute Gasteiger partial charge is 0.303 e. The molecule has 2 unspecified atom stereocenters. The number of rotatable bonds is 0. The first-order valence-electron chi connectivity index (χ1n) is 6.56. The van der Waals surface area contributed by atoms with E-state index in [0.717, 1.165) is 6.42 Å². The molecule has 0 N–H and O–H groups in total. The molecule has 3 rings (SSSR count). The molecule has 2 aromatic heterocycles. The van der Waals surface area contributed by atoms with Crippen LogP contribution >= 0.6 is 27.3 Å². The Kier molecular flexibility index (Phi) is 3.46. The highest BCUT2D eigenvalue weighted by Gasteiger charge is 2.37. The normalized spacial score (nSPS) is 21.9. The highest BCUT2D eigenvalue weighted by Crippen LogP contribution is 2.42. The molecule has 3 heterocycles. The molecule has 20 heavy (non-hydrogen) atoms. The number of aromatic nitrogens is 2. The van der Waals surface area contributed by atoms with Crippen LogP contribution in [0.5, 0.6) is 0 Å².